The molecule has 2 aromatic heterocycles. The Morgan fingerprint density at radius 3 is 3.09 bits per heavy atom. The van der Waals surface area contributed by atoms with Gasteiger partial charge in [0.2, 0.25) is 0 Å². The minimum absolute atomic E-state index is 0.157. The quantitative estimate of drug-likeness (QED) is 0.795. The number of ether oxygens (including phenoxy) is 2. The van der Waals surface area contributed by atoms with Crippen LogP contribution in [0.3, 0.4) is 0 Å². The highest BCUT2D eigenvalue weighted by molar-refractivity contribution is 9.10. The molecule has 3 heterocycles. The number of hydrogen-bond donors (Lipinski definition) is 1. The SMILES string of the molecule is O=c1[nH]c2ncc(Br)cc2c(=O)n1CCCOC1CCCCO1. The Kier molecular flexibility index (Phi) is 5.24. The van der Waals surface area contributed by atoms with Gasteiger partial charge in [-0.25, -0.2) is 9.78 Å². The molecule has 0 aromatic carbocycles. The van der Waals surface area contributed by atoms with Gasteiger partial charge in [0.1, 0.15) is 5.65 Å². The molecule has 7 nitrogen and oxygen atoms in total. The van der Waals surface area contributed by atoms with Crippen LogP contribution in [0.1, 0.15) is 25.7 Å². The number of rotatable bonds is 5. The lowest BCUT2D eigenvalue weighted by molar-refractivity contribution is -0.163. The average Bonchev–Trinajstić information content (AvgIpc) is 2.56. The molecule has 0 saturated carbocycles. The molecular formula is C15H18BrN3O4. The predicted molar refractivity (Wildman–Crippen MR) is 88.5 cm³/mol. The molecule has 124 valence electrons. The van der Waals surface area contributed by atoms with E-state index >= 15 is 0 Å². The van der Waals surface area contributed by atoms with Gasteiger partial charge < -0.3 is 9.47 Å². The fourth-order valence-electron chi connectivity index (χ4n) is 2.59. The van der Waals surface area contributed by atoms with Crippen LogP contribution < -0.4 is 11.2 Å². The normalized spacial score (nSPS) is 18.4. The van der Waals surface area contributed by atoms with Crippen LogP contribution in [-0.4, -0.2) is 34.0 Å². The number of hydrogen-bond acceptors (Lipinski definition) is 5. The summed E-state index contributed by atoms with van der Waals surface area (Å²) in [7, 11) is 0. The van der Waals surface area contributed by atoms with Gasteiger partial charge in [-0.3, -0.25) is 14.3 Å². The summed E-state index contributed by atoms with van der Waals surface area (Å²) >= 11 is 3.28. The van der Waals surface area contributed by atoms with Crippen molar-refractivity contribution in [3.63, 3.8) is 0 Å². The van der Waals surface area contributed by atoms with Crippen molar-refractivity contribution in [2.24, 2.45) is 0 Å². The van der Waals surface area contributed by atoms with E-state index in [1.807, 2.05) is 0 Å². The molecule has 1 unspecified atom stereocenters. The minimum atomic E-state index is -0.453. The summed E-state index contributed by atoms with van der Waals surface area (Å²) in [6.45, 7) is 1.48. The fraction of sp³-hybridized carbons (Fsp3) is 0.533. The zero-order valence-corrected chi connectivity index (χ0v) is 14.2. The number of halogens is 1. The van der Waals surface area contributed by atoms with Crippen LogP contribution in [0.2, 0.25) is 0 Å². The van der Waals surface area contributed by atoms with Crippen LogP contribution in [0.25, 0.3) is 11.0 Å². The first-order chi connectivity index (χ1) is 11.1. The number of aromatic amines is 1. The molecule has 1 N–H and O–H groups in total. The van der Waals surface area contributed by atoms with Gasteiger partial charge in [0.05, 0.1) is 12.0 Å². The van der Waals surface area contributed by atoms with E-state index in [9.17, 15) is 9.59 Å². The van der Waals surface area contributed by atoms with Gasteiger partial charge in [0, 0.05) is 23.8 Å². The Bertz CT molecular complexity index is 795. The van der Waals surface area contributed by atoms with Crippen LogP contribution >= 0.6 is 15.9 Å². The molecule has 1 fully saturated rings. The lowest BCUT2D eigenvalue weighted by Crippen LogP contribution is -2.35. The number of nitrogens with zero attached hydrogens (tertiary/aromatic N) is 2. The maximum absolute atomic E-state index is 12.4. The van der Waals surface area contributed by atoms with E-state index in [4.69, 9.17) is 9.47 Å². The monoisotopic (exact) mass is 383 g/mol. The number of H-pyrrole nitrogens is 1. The molecule has 1 aliphatic heterocycles. The zero-order chi connectivity index (χ0) is 16.2. The second-order valence-corrected chi connectivity index (χ2v) is 6.37. The van der Waals surface area contributed by atoms with Crippen molar-refractivity contribution in [2.75, 3.05) is 13.2 Å². The summed E-state index contributed by atoms with van der Waals surface area (Å²) in [6, 6.07) is 1.66. The molecule has 1 atom stereocenters. The molecule has 8 heteroatoms. The number of fused-ring (bicyclic) bond motifs is 1. The predicted octanol–water partition coefficient (Wildman–Crippen LogP) is 1.78. The Morgan fingerprint density at radius 2 is 2.30 bits per heavy atom. The highest BCUT2D eigenvalue weighted by atomic mass is 79.9. The van der Waals surface area contributed by atoms with Crippen molar-refractivity contribution in [2.45, 2.75) is 38.5 Å². The molecule has 1 saturated heterocycles. The van der Waals surface area contributed by atoms with Gasteiger partial charge in [-0.1, -0.05) is 0 Å². The van der Waals surface area contributed by atoms with Crippen LogP contribution in [0.4, 0.5) is 0 Å². The smallest absolute Gasteiger partial charge is 0.329 e. The van der Waals surface area contributed by atoms with Crippen molar-refractivity contribution in [3.05, 3.63) is 37.6 Å². The second-order valence-electron chi connectivity index (χ2n) is 5.46. The molecule has 0 aliphatic carbocycles. The average molecular weight is 384 g/mol. The zero-order valence-electron chi connectivity index (χ0n) is 12.6. The molecule has 0 radical (unpaired) electrons. The molecule has 2 aromatic rings. The second kappa shape index (κ2) is 7.37. The van der Waals surface area contributed by atoms with Crippen molar-refractivity contribution < 1.29 is 9.47 Å². The van der Waals surface area contributed by atoms with Crippen molar-refractivity contribution in [3.8, 4) is 0 Å². The van der Waals surface area contributed by atoms with Gasteiger partial charge in [-0.15, -0.1) is 0 Å². The topological polar surface area (TPSA) is 86.2 Å². The van der Waals surface area contributed by atoms with E-state index in [-0.39, 0.29) is 11.8 Å². The first-order valence-corrected chi connectivity index (χ1v) is 8.46. The summed E-state index contributed by atoms with van der Waals surface area (Å²) in [6.07, 6.45) is 5.03. The van der Waals surface area contributed by atoms with Crippen LogP contribution in [-0.2, 0) is 16.0 Å². The van der Waals surface area contributed by atoms with Crippen LogP contribution in [0, 0.1) is 0 Å². The third-order valence-corrected chi connectivity index (χ3v) is 4.20. The first-order valence-electron chi connectivity index (χ1n) is 7.67. The molecule has 23 heavy (non-hydrogen) atoms. The summed E-state index contributed by atoms with van der Waals surface area (Å²) in [5.41, 5.74) is -0.496. The number of pyridine rings is 1. The highest BCUT2D eigenvalue weighted by Gasteiger charge is 2.14. The van der Waals surface area contributed by atoms with Crippen LogP contribution in [0.5, 0.6) is 0 Å². The van der Waals surface area contributed by atoms with E-state index in [1.54, 1.807) is 12.3 Å². The first kappa shape index (κ1) is 16.4. The number of aromatic nitrogens is 3. The van der Waals surface area contributed by atoms with E-state index in [0.717, 1.165) is 25.9 Å². The van der Waals surface area contributed by atoms with Gasteiger partial charge in [0.15, 0.2) is 6.29 Å². The Hall–Kier alpha value is -1.51. The maximum atomic E-state index is 12.4. The molecule has 0 bridgehead atoms. The Balaban J connectivity index is 1.67. The minimum Gasteiger partial charge on any atom is -0.353 e. The largest absolute Gasteiger partial charge is 0.353 e. The molecular weight excluding hydrogens is 366 g/mol. The van der Waals surface area contributed by atoms with E-state index in [1.165, 1.54) is 4.57 Å². The van der Waals surface area contributed by atoms with E-state index < -0.39 is 5.69 Å². The lowest BCUT2D eigenvalue weighted by atomic mass is 10.2. The maximum Gasteiger partial charge on any atom is 0.329 e. The van der Waals surface area contributed by atoms with E-state index in [0.29, 0.717) is 35.1 Å². The van der Waals surface area contributed by atoms with Crippen molar-refractivity contribution >= 4 is 27.0 Å². The van der Waals surface area contributed by atoms with Gasteiger partial charge in [-0.05, 0) is 47.7 Å². The molecule has 3 rings (SSSR count). The van der Waals surface area contributed by atoms with Gasteiger partial charge >= 0.3 is 5.69 Å². The Morgan fingerprint density at radius 1 is 1.43 bits per heavy atom. The van der Waals surface area contributed by atoms with Crippen molar-refractivity contribution in [1.82, 2.24) is 14.5 Å². The Labute approximate surface area is 140 Å². The lowest BCUT2D eigenvalue weighted by Gasteiger charge is -2.22. The van der Waals surface area contributed by atoms with Gasteiger partial charge in [-0.2, -0.15) is 0 Å². The third kappa shape index (κ3) is 3.88. The summed E-state index contributed by atoms with van der Waals surface area (Å²) in [4.78, 5) is 31.1. The highest BCUT2D eigenvalue weighted by Crippen LogP contribution is 2.14. The van der Waals surface area contributed by atoms with E-state index in [2.05, 4.69) is 25.9 Å². The molecule has 1 aliphatic rings. The van der Waals surface area contributed by atoms with Crippen LogP contribution in [0.15, 0.2) is 26.3 Å². The summed E-state index contributed by atoms with van der Waals surface area (Å²) < 4.78 is 13.0. The summed E-state index contributed by atoms with van der Waals surface area (Å²) in [5.74, 6) is 0. The molecule has 0 spiro atoms. The molecule has 0 amide bonds. The van der Waals surface area contributed by atoms with Gasteiger partial charge in [0.25, 0.3) is 5.56 Å². The van der Waals surface area contributed by atoms with Crippen molar-refractivity contribution in [1.29, 1.82) is 0 Å². The summed E-state index contributed by atoms with van der Waals surface area (Å²) in [5, 5.41) is 0.385. The standard InChI is InChI=1S/C15H18BrN3O4/c16-10-8-11-13(17-9-10)18-15(21)19(14(11)20)5-3-7-23-12-4-1-2-6-22-12/h8-9,12H,1-7H2,(H,17,18,21). The number of nitrogens with one attached hydrogen (secondary N) is 1. The third-order valence-electron chi connectivity index (χ3n) is 3.77. The fourth-order valence-corrected chi connectivity index (χ4v) is 2.92.